The molecule has 0 aliphatic carbocycles. The average Bonchev–Trinajstić information content (AvgIpc) is 3.55. The van der Waals surface area contributed by atoms with Gasteiger partial charge in [-0.05, 0) is 64.7 Å². The van der Waals surface area contributed by atoms with Crippen molar-refractivity contribution < 1.29 is 0 Å². The molecule has 0 aliphatic rings. The van der Waals surface area contributed by atoms with E-state index in [1.165, 1.54) is 21.9 Å². The van der Waals surface area contributed by atoms with Crippen molar-refractivity contribution in [1.82, 2.24) is 19.5 Å². The van der Waals surface area contributed by atoms with Gasteiger partial charge < -0.3 is 4.57 Å². The van der Waals surface area contributed by atoms with Crippen LogP contribution in [0.15, 0.2) is 176 Å². The van der Waals surface area contributed by atoms with Crippen molar-refractivity contribution in [3.05, 3.63) is 181 Å². The Morgan fingerprint density at radius 3 is 1.67 bits per heavy atom. The van der Waals surface area contributed by atoms with Crippen LogP contribution in [0.5, 0.6) is 0 Å². The fraction of sp³-hybridized carbons (Fsp3) is 0. The fourth-order valence-electron chi connectivity index (χ4n) is 6.85. The maximum Gasteiger partial charge on any atom is 0.164 e. The van der Waals surface area contributed by atoms with Crippen LogP contribution in [0.3, 0.4) is 0 Å². The molecule has 0 fully saturated rings. The number of hydrogen-bond acceptors (Lipinski definition) is 4. The first-order valence-corrected chi connectivity index (χ1v) is 16.8. The number of hydrogen-bond donors (Lipinski definition) is 0. The Bertz CT molecular complexity index is 2690. The lowest BCUT2D eigenvalue weighted by molar-refractivity contribution is 1.07. The first-order valence-electron chi connectivity index (χ1n) is 16.8. The van der Waals surface area contributed by atoms with E-state index in [-0.39, 0.29) is 0 Å². The molecule has 5 heteroatoms. The van der Waals surface area contributed by atoms with Crippen molar-refractivity contribution in [2.75, 3.05) is 0 Å². The lowest BCUT2D eigenvalue weighted by Gasteiger charge is -2.16. The second kappa shape index (κ2) is 12.7. The van der Waals surface area contributed by atoms with Gasteiger partial charge in [0.25, 0.3) is 0 Å². The maximum absolute atomic E-state index is 9.80. The fourth-order valence-corrected chi connectivity index (χ4v) is 6.85. The number of rotatable bonds is 6. The van der Waals surface area contributed by atoms with Gasteiger partial charge in [-0.3, -0.25) is 0 Å². The summed E-state index contributed by atoms with van der Waals surface area (Å²) in [6.45, 7) is 0. The minimum atomic E-state index is 0.550. The van der Waals surface area contributed by atoms with Gasteiger partial charge in [0, 0.05) is 33.2 Å². The highest BCUT2D eigenvalue weighted by molar-refractivity contribution is 6.10. The second-order valence-corrected chi connectivity index (χ2v) is 12.4. The third-order valence-electron chi connectivity index (χ3n) is 9.28. The summed E-state index contributed by atoms with van der Waals surface area (Å²) < 4.78 is 2.32. The summed E-state index contributed by atoms with van der Waals surface area (Å²) in [5.74, 6) is 1.73. The van der Waals surface area contributed by atoms with Crippen LogP contribution in [0.1, 0.15) is 5.56 Å². The molecule has 2 aromatic heterocycles. The van der Waals surface area contributed by atoms with Gasteiger partial charge in [0.1, 0.15) is 0 Å². The predicted octanol–water partition coefficient (Wildman–Crippen LogP) is 11.2. The molecular weight excluding hydrogens is 623 g/mol. The highest BCUT2D eigenvalue weighted by Crippen LogP contribution is 2.39. The van der Waals surface area contributed by atoms with Gasteiger partial charge in [0.05, 0.1) is 22.7 Å². The molecule has 9 rings (SSSR count). The van der Waals surface area contributed by atoms with Crippen LogP contribution in [0.2, 0.25) is 0 Å². The van der Waals surface area contributed by atoms with Crippen LogP contribution in [0, 0.1) is 11.3 Å². The molecule has 0 saturated carbocycles. The topological polar surface area (TPSA) is 67.4 Å². The summed E-state index contributed by atoms with van der Waals surface area (Å²) >= 11 is 0. The van der Waals surface area contributed by atoms with E-state index < -0.39 is 0 Å². The molecule has 238 valence electrons. The van der Waals surface area contributed by atoms with Crippen molar-refractivity contribution in [3.8, 4) is 68.2 Å². The van der Waals surface area contributed by atoms with E-state index in [9.17, 15) is 5.26 Å². The van der Waals surface area contributed by atoms with Gasteiger partial charge in [-0.1, -0.05) is 133 Å². The molecule has 51 heavy (non-hydrogen) atoms. The lowest BCUT2D eigenvalue weighted by Crippen LogP contribution is -2.02. The van der Waals surface area contributed by atoms with E-state index >= 15 is 0 Å². The SMILES string of the molecule is N#Cc1cccc(-c2ccc(-n3c4ccccc4c4cc(-c5ccccc5)ccc43)cc2-c2nc(-c3ccccc3)nc(-c3ccccc3)n2)c1. The Morgan fingerprint density at radius 2 is 0.980 bits per heavy atom. The number of benzene rings is 7. The number of para-hydroxylation sites is 1. The Balaban J connectivity index is 1.31. The number of aromatic nitrogens is 4. The molecule has 5 nitrogen and oxygen atoms in total. The zero-order valence-corrected chi connectivity index (χ0v) is 27.5. The molecule has 0 N–H and O–H groups in total. The number of fused-ring (bicyclic) bond motifs is 3. The van der Waals surface area contributed by atoms with Gasteiger partial charge in [0.2, 0.25) is 0 Å². The summed E-state index contributed by atoms with van der Waals surface area (Å²) in [6.07, 6.45) is 0. The van der Waals surface area contributed by atoms with Crippen molar-refractivity contribution >= 4 is 21.8 Å². The minimum absolute atomic E-state index is 0.550. The highest BCUT2D eigenvalue weighted by Gasteiger charge is 2.19. The third kappa shape index (κ3) is 5.51. The summed E-state index contributed by atoms with van der Waals surface area (Å²) in [5, 5.41) is 12.2. The maximum atomic E-state index is 9.80. The van der Waals surface area contributed by atoms with Crippen molar-refractivity contribution in [2.45, 2.75) is 0 Å². The van der Waals surface area contributed by atoms with Gasteiger partial charge in [-0.15, -0.1) is 0 Å². The predicted molar refractivity (Wildman–Crippen MR) is 206 cm³/mol. The largest absolute Gasteiger partial charge is 0.309 e. The third-order valence-corrected chi connectivity index (χ3v) is 9.28. The molecule has 0 saturated heterocycles. The van der Waals surface area contributed by atoms with E-state index in [1.54, 1.807) is 0 Å². The van der Waals surface area contributed by atoms with Crippen LogP contribution in [-0.2, 0) is 0 Å². The Morgan fingerprint density at radius 1 is 0.392 bits per heavy atom. The Labute approximate surface area is 295 Å². The highest BCUT2D eigenvalue weighted by atomic mass is 15.0. The quantitative estimate of drug-likeness (QED) is 0.179. The molecule has 0 amide bonds. The summed E-state index contributed by atoms with van der Waals surface area (Å²) in [7, 11) is 0. The van der Waals surface area contributed by atoms with Crippen LogP contribution < -0.4 is 0 Å². The monoisotopic (exact) mass is 651 g/mol. The smallest absolute Gasteiger partial charge is 0.164 e. The van der Waals surface area contributed by atoms with Gasteiger partial charge in [0.15, 0.2) is 17.5 Å². The van der Waals surface area contributed by atoms with E-state index in [2.05, 4.69) is 95.6 Å². The summed E-state index contributed by atoms with van der Waals surface area (Å²) in [5.41, 5.74) is 10.6. The van der Waals surface area contributed by atoms with Crippen molar-refractivity contribution in [3.63, 3.8) is 0 Å². The molecule has 7 aromatic carbocycles. The molecule has 0 unspecified atom stereocenters. The zero-order valence-electron chi connectivity index (χ0n) is 27.5. The molecular formula is C46H29N5. The molecule has 9 aromatic rings. The molecule has 0 aliphatic heterocycles. The summed E-state index contributed by atoms with van der Waals surface area (Å²) in [6, 6.07) is 62.2. The van der Waals surface area contributed by atoms with Gasteiger partial charge >= 0.3 is 0 Å². The van der Waals surface area contributed by atoms with Crippen LogP contribution in [0.25, 0.3) is 83.9 Å². The van der Waals surface area contributed by atoms with Crippen LogP contribution in [-0.4, -0.2) is 19.5 Å². The van der Waals surface area contributed by atoms with Crippen LogP contribution in [0.4, 0.5) is 0 Å². The minimum Gasteiger partial charge on any atom is -0.309 e. The van der Waals surface area contributed by atoms with E-state index in [4.69, 9.17) is 15.0 Å². The lowest BCUT2D eigenvalue weighted by atomic mass is 9.96. The number of nitrogens with zero attached hydrogens (tertiary/aromatic N) is 5. The van der Waals surface area contributed by atoms with Gasteiger partial charge in [-0.2, -0.15) is 5.26 Å². The second-order valence-electron chi connectivity index (χ2n) is 12.4. The van der Waals surface area contributed by atoms with Crippen molar-refractivity contribution in [2.24, 2.45) is 0 Å². The average molecular weight is 652 g/mol. The first kappa shape index (κ1) is 29.9. The van der Waals surface area contributed by atoms with E-state index in [1.807, 2.05) is 91.0 Å². The Hall–Kier alpha value is -7.16. The van der Waals surface area contributed by atoms with Gasteiger partial charge in [-0.25, -0.2) is 15.0 Å². The normalized spacial score (nSPS) is 11.1. The Kier molecular flexibility index (Phi) is 7.46. The summed E-state index contributed by atoms with van der Waals surface area (Å²) in [4.78, 5) is 15.2. The molecule has 0 radical (unpaired) electrons. The molecule has 0 spiro atoms. The first-order chi connectivity index (χ1) is 25.2. The number of nitriles is 1. The van der Waals surface area contributed by atoms with E-state index in [0.29, 0.717) is 23.0 Å². The zero-order chi connectivity index (χ0) is 34.1. The van der Waals surface area contributed by atoms with E-state index in [0.717, 1.165) is 44.5 Å². The molecule has 0 atom stereocenters. The van der Waals surface area contributed by atoms with Crippen molar-refractivity contribution in [1.29, 1.82) is 5.26 Å². The molecule has 2 heterocycles. The van der Waals surface area contributed by atoms with Crippen LogP contribution >= 0.6 is 0 Å². The molecule has 0 bridgehead atoms. The standard InChI is InChI=1S/C46H29N5/c47-30-31-13-12-20-36(27-31)38-25-24-37(51-42-22-11-10-21-39(42)40-28-35(23-26-43(40)51)32-14-4-1-5-15-32)29-41(38)46-49-44(33-16-6-2-7-17-33)48-45(50-46)34-18-8-3-9-19-34/h1-29H.